The van der Waals surface area contributed by atoms with Gasteiger partial charge in [-0.1, -0.05) is 49.4 Å². The molecule has 0 aliphatic heterocycles. The zero-order valence-corrected chi connectivity index (χ0v) is 21.0. The summed E-state index contributed by atoms with van der Waals surface area (Å²) < 4.78 is 11.0. The number of aromatic nitrogens is 2. The van der Waals surface area contributed by atoms with Crippen molar-refractivity contribution in [3.8, 4) is 17.0 Å². The first-order chi connectivity index (χ1) is 16.6. The van der Waals surface area contributed by atoms with Gasteiger partial charge in [0.1, 0.15) is 5.60 Å². The van der Waals surface area contributed by atoms with Gasteiger partial charge in [0.15, 0.2) is 0 Å². The molecule has 0 spiro atoms. The lowest BCUT2D eigenvalue weighted by molar-refractivity contribution is 0.0525. The molecule has 1 unspecified atom stereocenters. The van der Waals surface area contributed by atoms with Crippen LogP contribution in [0.2, 0.25) is 0 Å². The van der Waals surface area contributed by atoms with Gasteiger partial charge in [0.25, 0.3) is 5.56 Å². The van der Waals surface area contributed by atoms with Crippen molar-refractivity contribution in [1.82, 2.24) is 15.3 Å². The molecular formula is C28H31N3O4. The fourth-order valence-corrected chi connectivity index (χ4v) is 4.24. The number of nitrogens with zero attached hydrogens (tertiary/aromatic N) is 1. The predicted molar refractivity (Wildman–Crippen MR) is 139 cm³/mol. The van der Waals surface area contributed by atoms with E-state index in [9.17, 15) is 9.59 Å². The van der Waals surface area contributed by atoms with Crippen molar-refractivity contribution in [2.24, 2.45) is 0 Å². The zero-order chi connectivity index (χ0) is 25.3. The minimum Gasteiger partial charge on any atom is -0.481 e. The van der Waals surface area contributed by atoms with Crippen molar-refractivity contribution in [3.63, 3.8) is 0 Å². The highest BCUT2D eigenvalue weighted by atomic mass is 16.6. The average Bonchev–Trinajstić information content (AvgIpc) is 2.82. The van der Waals surface area contributed by atoms with Crippen molar-refractivity contribution in [2.45, 2.75) is 46.1 Å². The van der Waals surface area contributed by atoms with Gasteiger partial charge >= 0.3 is 6.09 Å². The number of pyridine rings is 2. The molecule has 7 heteroatoms. The number of carbonyl (C=O) groups excluding carboxylic acids is 1. The fourth-order valence-electron chi connectivity index (χ4n) is 4.24. The van der Waals surface area contributed by atoms with E-state index >= 15 is 0 Å². The van der Waals surface area contributed by atoms with E-state index in [0.717, 1.165) is 27.5 Å². The highest BCUT2D eigenvalue weighted by Crippen LogP contribution is 2.39. The number of ether oxygens (including phenoxy) is 2. The molecule has 0 bridgehead atoms. The van der Waals surface area contributed by atoms with Gasteiger partial charge in [0.05, 0.1) is 23.9 Å². The van der Waals surface area contributed by atoms with Gasteiger partial charge in [0, 0.05) is 17.3 Å². The summed E-state index contributed by atoms with van der Waals surface area (Å²) >= 11 is 0. The molecule has 1 atom stereocenters. The highest BCUT2D eigenvalue weighted by molar-refractivity contribution is 6.14. The van der Waals surface area contributed by atoms with Crippen LogP contribution in [0.3, 0.4) is 0 Å². The van der Waals surface area contributed by atoms with Crippen LogP contribution in [0.15, 0.2) is 53.3 Å². The van der Waals surface area contributed by atoms with Crippen molar-refractivity contribution < 1.29 is 14.3 Å². The van der Waals surface area contributed by atoms with E-state index in [0.29, 0.717) is 29.0 Å². The van der Waals surface area contributed by atoms with Gasteiger partial charge < -0.3 is 19.8 Å². The summed E-state index contributed by atoms with van der Waals surface area (Å²) in [6.45, 7) is 9.89. The van der Waals surface area contributed by atoms with E-state index < -0.39 is 11.7 Å². The summed E-state index contributed by atoms with van der Waals surface area (Å²) in [5.74, 6) is 0.586. The second-order valence-corrected chi connectivity index (χ2v) is 9.74. The van der Waals surface area contributed by atoms with Crippen LogP contribution in [-0.2, 0) is 4.74 Å². The number of nitrogens with one attached hydrogen (secondary N) is 2. The number of carbonyl (C=O) groups is 1. The molecule has 35 heavy (non-hydrogen) atoms. The third-order valence-corrected chi connectivity index (χ3v) is 5.94. The molecule has 1 amide bonds. The van der Waals surface area contributed by atoms with E-state index in [1.54, 1.807) is 7.11 Å². The van der Waals surface area contributed by atoms with Gasteiger partial charge in [-0.15, -0.1) is 0 Å². The molecule has 0 aliphatic rings. The van der Waals surface area contributed by atoms with Crippen LogP contribution in [0, 0.1) is 6.92 Å². The number of alkyl carbamates (subject to hydrolysis) is 1. The Hall–Kier alpha value is -3.87. The Bertz CT molecular complexity index is 1450. The maximum absolute atomic E-state index is 12.7. The molecule has 0 fully saturated rings. The Morgan fingerprint density at radius 2 is 1.74 bits per heavy atom. The molecule has 0 saturated heterocycles. The van der Waals surface area contributed by atoms with E-state index in [4.69, 9.17) is 9.47 Å². The maximum Gasteiger partial charge on any atom is 0.407 e. The number of methoxy groups -OCH3 is 1. The van der Waals surface area contributed by atoms with Crippen LogP contribution >= 0.6 is 0 Å². The van der Waals surface area contributed by atoms with Gasteiger partial charge in [-0.2, -0.15) is 0 Å². The molecule has 2 heterocycles. The topological polar surface area (TPSA) is 93.3 Å². The fraction of sp³-hybridized carbons (Fsp3) is 0.321. The normalized spacial score (nSPS) is 12.5. The van der Waals surface area contributed by atoms with Gasteiger partial charge in [0.2, 0.25) is 5.88 Å². The number of H-pyrrole nitrogens is 1. The first kappa shape index (κ1) is 24.3. The van der Waals surface area contributed by atoms with Crippen LogP contribution in [0.25, 0.3) is 32.8 Å². The van der Waals surface area contributed by atoms with Crippen LogP contribution < -0.4 is 15.6 Å². The average molecular weight is 474 g/mol. The van der Waals surface area contributed by atoms with Crippen molar-refractivity contribution in [3.05, 3.63) is 70.1 Å². The molecule has 2 aromatic carbocycles. The summed E-state index contributed by atoms with van der Waals surface area (Å²) in [5.41, 5.74) is 3.54. The minimum absolute atomic E-state index is 0.0866. The predicted octanol–water partition coefficient (Wildman–Crippen LogP) is 5.69. The lowest BCUT2D eigenvalue weighted by Crippen LogP contribution is -2.34. The molecule has 0 aliphatic carbocycles. The van der Waals surface area contributed by atoms with Crippen LogP contribution in [0.1, 0.15) is 44.9 Å². The molecule has 0 radical (unpaired) electrons. The maximum atomic E-state index is 12.7. The molecule has 7 nitrogen and oxygen atoms in total. The molecule has 182 valence electrons. The number of hydrogen-bond acceptors (Lipinski definition) is 5. The second-order valence-electron chi connectivity index (χ2n) is 9.74. The Balaban J connectivity index is 1.73. The number of hydrogen-bond donors (Lipinski definition) is 2. The summed E-state index contributed by atoms with van der Waals surface area (Å²) in [4.78, 5) is 32.3. The number of amides is 1. The van der Waals surface area contributed by atoms with Crippen LogP contribution in [0.4, 0.5) is 4.79 Å². The van der Waals surface area contributed by atoms with Crippen LogP contribution in [-0.4, -0.2) is 35.3 Å². The first-order valence-corrected chi connectivity index (χ1v) is 11.7. The molecule has 0 saturated carbocycles. The lowest BCUT2D eigenvalue weighted by Gasteiger charge is -2.21. The summed E-state index contributed by atoms with van der Waals surface area (Å²) in [6, 6.07) is 15.7. The minimum atomic E-state index is -0.534. The smallest absolute Gasteiger partial charge is 0.407 e. The van der Waals surface area contributed by atoms with E-state index in [1.165, 1.54) is 0 Å². The quantitative estimate of drug-likeness (QED) is 0.363. The lowest BCUT2D eigenvalue weighted by atomic mass is 9.94. The number of benzene rings is 2. The highest BCUT2D eigenvalue weighted by Gasteiger charge is 2.20. The van der Waals surface area contributed by atoms with Crippen LogP contribution in [0.5, 0.6) is 5.88 Å². The van der Waals surface area contributed by atoms with Crippen molar-refractivity contribution in [2.75, 3.05) is 13.7 Å². The molecular weight excluding hydrogens is 442 g/mol. The molecule has 4 rings (SSSR count). The van der Waals surface area contributed by atoms with E-state index in [-0.39, 0.29) is 11.5 Å². The summed E-state index contributed by atoms with van der Waals surface area (Å²) in [7, 11) is 1.60. The van der Waals surface area contributed by atoms with E-state index in [1.807, 2.05) is 83.1 Å². The summed E-state index contributed by atoms with van der Waals surface area (Å²) in [5, 5.41) is 5.20. The Kier molecular flexibility index (Phi) is 6.52. The zero-order valence-electron chi connectivity index (χ0n) is 21.0. The Morgan fingerprint density at radius 3 is 2.37 bits per heavy atom. The summed E-state index contributed by atoms with van der Waals surface area (Å²) in [6.07, 6.45) is -0.427. The number of aryl methyl sites for hydroxylation is 1. The standard InChI is InChI=1S/C28H31N3O4/c1-16(15-29-27(33)35-28(3,4)5)18-11-13-19(14-12-18)22-23-20-9-7-8-10-21(20)25(32)31-24(23)17(2)30-26(22)34-6/h7-14,16H,15H2,1-6H3,(H,29,33)(H,31,32). The van der Waals surface area contributed by atoms with Gasteiger partial charge in [-0.3, -0.25) is 4.79 Å². The van der Waals surface area contributed by atoms with Crippen molar-refractivity contribution >= 4 is 27.8 Å². The Labute approximate surface area is 204 Å². The molecule has 4 aromatic rings. The second kappa shape index (κ2) is 9.41. The van der Waals surface area contributed by atoms with Crippen molar-refractivity contribution in [1.29, 1.82) is 0 Å². The largest absolute Gasteiger partial charge is 0.481 e. The monoisotopic (exact) mass is 473 g/mol. The number of aromatic amines is 1. The first-order valence-electron chi connectivity index (χ1n) is 11.7. The molecule has 2 aromatic heterocycles. The third kappa shape index (κ3) is 4.99. The number of fused-ring (bicyclic) bond motifs is 3. The van der Waals surface area contributed by atoms with Gasteiger partial charge in [-0.25, -0.2) is 9.78 Å². The Morgan fingerprint density at radius 1 is 1.09 bits per heavy atom. The third-order valence-electron chi connectivity index (χ3n) is 5.94. The van der Waals surface area contributed by atoms with E-state index in [2.05, 4.69) is 15.3 Å². The molecule has 2 N–H and O–H groups in total. The SMILES string of the molecule is COc1nc(C)c2[nH]c(=O)c3ccccc3c2c1-c1ccc(C(C)CNC(=O)OC(C)(C)C)cc1. The van der Waals surface area contributed by atoms with Gasteiger partial charge in [-0.05, 0) is 56.2 Å². The number of rotatable bonds is 5.